The van der Waals surface area contributed by atoms with Crippen molar-refractivity contribution in [2.24, 2.45) is 5.92 Å². The van der Waals surface area contributed by atoms with Crippen molar-refractivity contribution < 1.29 is 14.1 Å². The number of piperazine rings is 1. The van der Waals surface area contributed by atoms with E-state index in [9.17, 15) is 9.59 Å². The third-order valence-electron chi connectivity index (χ3n) is 5.15. The molecule has 0 atom stereocenters. The van der Waals surface area contributed by atoms with Crippen LogP contribution in [0.4, 0.5) is 5.69 Å². The Bertz CT molecular complexity index is 854. The smallest absolute Gasteiger partial charge is 0.276 e. The Balaban J connectivity index is 1.28. The fraction of sp³-hybridized carbons (Fsp3) is 0.421. The summed E-state index contributed by atoms with van der Waals surface area (Å²) < 4.78 is 4.94. The van der Waals surface area contributed by atoms with Gasteiger partial charge in [-0.25, -0.2) is 0 Å². The highest BCUT2D eigenvalue weighted by Gasteiger charge is 2.39. The van der Waals surface area contributed by atoms with Gasteiger partial charge in [-0.15, -0.1) is 0 Å². The van der Waals surface area contributed by atoms with Crippen molar-refractivity contribution in [3.05, 3.63) is 46.8 Å². The highest BCUT2D eigenvalue weighted by molar-refractivity contribution is 6.33. The van der Waals surface area contributed by atoms with E-state index in [1.165, 1.54) is 0 Å². The Morgan fingerprint density at radius 2 is 1.81 bits per heavy atom. The molecule has 7 nitrogen and oxygen atoms in total. The standard InChI is InChI=1S/C19H21ClN4O3/c1-13-10-16(21-27-13)19(26)24-11-14(12-24)18(25)23-8-6-22(7-9-23)17-5-3-2-4-15(17)20/h2-5,10,14H,6-9,11-12H2,1H3. The van der Waals surface area contributed by atoms with Gasteiger partial charge in [-0.2, -0.15) is 0 Å². The number of para-hydroxylation sites is 1. The molecule has 0 aliphatic carbocycles. The van der Waals surface area contributed by atoms with Gasteiger partial charge >= 0.3 is 0 Å². The normalized spacial score (nSPS) is 17.8. The number of hydrogen-bond donors (Lipinski definition) is 0. The van der Waals surface area contributed by atoms with E-state index in [2.05, 4.69) is 10.1 Å². The van der Waals surface area contributed by atoms with Gasteiger partial charge in [0.2, 0.25) is 5.91 Å². The number of likely N-dealkylation sites (tertiary alicyclic amines) is 1. The summed E-state index contributed by atoms with van der Waals surface area (Å²) in [6.45, 7) is 5.46. The van der Waals surface area contributed by atoms with Crippen LogP contribution in [0.25, 0.3) is 0 Å². The molecule has 4 rings (SSSR count). The van der Waals surface area contributed by atoms with Gasteiger partial charge in [-0.1, -0.05) is 28.9 Å². The third kappa shape index (κ3) is 3.51. The molecule has 1 aromatic carbocycles. The second-order valence-electron chi connectivity index (χ2n) is 6.99. The minimum atomic E-state index is -0.181. The zero-order valence-electron chi connectivity index (χ0n) is 15.1. The van der Waals surface area contributed by atoms with Crippen molar-refractivity contribution in [2.75, 3.05) is 44.2 Å². The predicted molar refractivity (Wildman–Crippen MR) is 101 cm³/mol. The number of hydrogen-bond acceptors (Lipinski definition) is 5. The lowest BCUT2D eigenvalue weighted by atomic mass is 9.97. The second kappa shape index (κ2) is 7.23. The number of amides is 2. The maximum atomic E-state index is 12.7. The van der Waals surface area contributed by atoms with Crippen LogP contribution in [0.3, 0.4) is 0 Å². The average Bonchev–Trinajstić information content (AvgIpc) is 3.07. The highest BCUT2D eigenvalue weighted by Crippen LogP contribution is 2.27. The predicted octanol–water partition coefficient (Wildman–Crippen LogP) is 2.06. The number of benzene rings is 1. The minimum absolute atomic E-state index is 0.120. The lowest BCUT2D eigenvalue weighted by Gasteiger charge is -2.43. The van der Waals surface area contributed by atoms with Crippen LogP contribution in [-0.4, -0.2) is 66.0 Å². The molecule has 8 heteroatoms. The van der Waals surface area contributed by atoms with E-state index in [0.717, 1.165) is 23.8 Å². The van der Waals surface area contributed by atoms with Crippen molar-refractivity contribution >= 4 is 29.1 Å². The van der Waals surface area contributed by atoms with Gasteiger partial charge in [0.05, 0.1) is 16.6 Å². The van der Waals surface area contributed by atoms with Crippen molar-refractivity contribution in [3.8, 4) is 0 Å². The summed E-state index contributed by atoms with van der Waals surface area (Å²) in [6.07, 6.45) is 0. The largest absolute Gasteiger partial charge is 0.367 e. The molecule has 2 fully saturated rings. The fourth-order valence-electron chi connectivity index (χ4n) is 3.56. The molecule has 3 heterocycles. The number of aromatic nitrogens is 1. The van der Waals surface area contributed by atoms with E-state index < -0.39 is 0 Å². The maximum Gasteiger partial charge on any atom is 0.276 e. The molecule has 2 amide bonds. The van der Waals surface area contributed by atoms with Gasteiger partial charge in [-0.3, -0.25) is 9.59 Å². The van der Waals surface area contributed by atoms with E-state index in [0.29, 0.717) is 37.6 Å². The van der Waals surface area contributed by atoms with Gasteiger partial charge < -0.3 is 19.2 Å². The number of nitrogens with zero attached hydrogens (tertiary/aromatic N) is 4. The first kappa shape index (κ1) is 17.9. The summed E-state index contributed by atoms with van der Waals surface area (Å²) in [5.41, 5.74) is 1.31. The number of aryl methyl sites for hydroxylation is 1. The van der Waals surface area contributed by atoms with E-state index in [1.807, 2.05) is 29.2 Å². The monoisotopic (exact) mass is 388 g/mol. The molecule has 0 radical (unpaired) electrons. The summed E-state index contributed by atoms with van der Waals surface area (Å²) in [7, 11) is 0. The zero-order valence-corrected chi connectivity index (χ0v) is 15.9. The number of halogens is 1. The van der Waals surface area contributed by atoms with Crippen LogP contribution >= 0.6 is 11.6 Å². The lowest BCUT2D eigenvalue weighted by Crippen LogP contribution is -2.59. The molecular formula is C19H21ClN4O3. The Morgan fingerprint density at radius 1 is 1.11 bits per heavy atom. The van der Waals surface area contributed by atoms with Crippen LogP contribution in [-0.2, 0) is 4.79 Å². The molecule has 2 aliphatic heterocycles. The first-order valence-electron chi connectivity index (χ1n) is 9.04. The Kier molecular flexibility index (Phi) is 4.78. The van der Waals surface area contributed by atoms with Crippen LogP contribution in [0.1, 0.15) is 16.2 Å². The van der Waals surface area contributed by atoms with Gasteiger partial charge in [0.1, 0.15) is 5.76 Å². The molecular weight excluding hydrogens is 368 g/mol. The van der Waals surface area contributed by atoms with E-state index in [4.69, 9.17) is 16.1 Å². The van der Waals surface area contributed by atoms with Crippen LogP contribution in [0, 0.1) is 12.8 Å². The fourth-order valence-corrected chi connectivity index (χ4v) is 3.82. The van der Waals surface area contributed by atoms with Gasteiger partial charge in [-0.05, 0) is 19.1 Å². The lowest BCUT2D eigenvalue weighted by molar-refractivity contribution is -0.140. The summed E-state index contributed by atoms with van der Waals surface area (Å²) in [4.78, 5) is 30.7. The molecule has 2 saturated heterocycles. The molecule has 2 aromatic rings. The number of rotatable bonds is 3. The quantitative estimate of drug-likeness (QED) is 0.805. The van der Waals surface area contributed by atoms with Crippen molar-refractivity contribution in [3.63, 3.8) is 0 Å². The number of anilines is 1. The molecule has 0 N–H and O–H groups in total. The van der Waals surface area contributed by atoms with E-state index >= 15 is 0 Å². The van der Waals surface area contributed by atoms with E-state index in [-0.39, 0.29) is 17.7 Å². The van der Waals surface area contributed by atoms with Crippen molar-refractivity contribution in [2.45, 2.75) is 6.92 Å². The summed E-state index contributed by atoms with van der Waals surface area (Å²) >= 11 is 6.26. The first-order valence-corrected chi connectivity index (χ1v) is 9.41. The zero-order chi connectivity index (χ0) is 19.0. The first-order chi connectivity index (χ1) is 13.0. The Hall–Kier alpha value is -2.54. The topological polar surface area (TPSA) is 69.9 Å². The second-order valence-corrected chi connectivity index (χ2v) is 7.40. The van der Waals surface area contributed by atoms with Crippen LogP contribution in [0.2, 0.25) is 5.02 Å². The molecule has 0 spiro atoms. The summed E-state index contributed by atoms with van der Waals surface area (Å²) in [5.74, 6) is 0.408. The Labute approximate surface area is 162 Å². The third-order valence-corrected chi connectivity index (χ3v) is 5.47. The summed E-state index contributed by atoms with van der Waals surface area (Å²) in [6, 6.07) is 9.38. The van der Waals surface area contributed by atoms with Crippen molar-refractivity contribution in [1.29, 1.82) is 0 Å². The van der Waals surface area contributed by atoms with Crippen LogP contribution in [0.5, 0.6) is 0 Å². The maximum absolute atomic E-state index is 12.7. The minimum Gasteiger partial charge on any atom is -0.367 e. The molecule has 0 bridgehead atoms. The van der Waals surface area contributed by atoms with Gasteiger partial charge in [0.15, 0.2) is 5.69 Å². The molecule has 142 valence electrons. The van der Waals surface area contributed by atoms with E-state index in [1.54, 1.807) is 17.9 Å². The molecule has 0 saturated carbocycles. The van der Waals surface area contributed by atoms with Crippen LogP contribution < -0.4 is 4.90 Å². The molecule has 1 aromatic heterocycles. The number of carbonyl (C=O) groups excluding carboxylic acids is 2. The SMILES string of the molecule is Cc1cc(C(=O)N2CC(C(=O)N3CCN(c4ccccc4Cl)CC3)C2)no1. The highest BCUT2D eigenvalue weighted by atomic mass is 35.5. The van der Waals surface area contributed by atoms with Crippen molar-refractivity contribution in [1.82, 2.24) is 15.0 Å². The van der Waals surface area contributed by atoms with Gasteiger partial charge in [0.25, 0.3) is 5.91 Å². The molecule has 0 unspecified atom stereocenters. The number of carbonyl (C=O) groups is 2. The average molecular weight is 389 g/mol. The van der Waals surface area contributed by atoms with Gasteiger partial charge in [0, 0.05) is 45.3 Å². The molecule has 2 aliphatic rings. The Morgan fingerprint density at radius 3 is 2.44 bits per heavy atom. The molecule has 27 heavy (non-hydrogen) atoms. The van der Waals surface area contributed by atoms with Crippen LogP contribution in [0.15, 0.2) is 34.9 Å². The summed E-state index contributed by atoms with van der Waals surface area (Å²) in [5, 5.41) is 4.47.